The monoisotopic (exact) mass is 174 g/mol. The number of hydrogen-bond donors (Lipinski definition) is 0. The molecule has 0 N–H and O–H groups in total. The molecule has 0 saturated carbocycles. The van der Waals surface area contributed by atoms with Gasteiger partial charge in [0.2, 0.25) is 0 Å². The summed E-state index contributed by atoms with van der Waals surface area (Å²) in [6.45, 7) is 0. The first-order valence-corrected chi connectivity index (χ1v) is 4.03. The van der Waals surface area contributed by atoms with Crippen LogP contribution in [-0.4, -0.2) is 16.7 Å². The maximum absolute atomic E-state index is 5.21. The first kappa shape index (κ1) is 7.86. The summed E-state index contributed by atoms with van der Waals surface area (Å²) < 4.78 is 7.17. The predicted molar refractivity (Wildman–Crippen MR) is 50.1 cm³/mol. The fourth-order valence-corrected chi connectivity index (χ4v) is 1.24. The SMILES string of the molecule is COc1ccncc1-n1cccc1. The molecule has 3 heteroatoms. The smallest absolute Gasteiger partial charge is 0.145 e. The highest BCUT2D eigenvalue weighted by atomic mass is 16.5. The summed E-state index contributed by atoms with van der Waals surface area (Å²) >= 11 is 0. The lowest BCUT2D eigenvalue weighted by atomic mass is 10.4. The van der Waals surface area contributed by atoms with E-state index in [9.17, 15) is 0 Å². The molecule has 0 aliphatic heterocycles. The molecule has 13 heavy (non-hydrogen) atoms. The van der Waals surface area contributed by atoms with Crippen molar-refractivity contribution in [2.24, 2.45) is 0 Å². The molecule has 0 fully saturated rings. The Morgan fingerprint density at radius 1 is 1.31 bits per heavy atom. The third-order valence-corrected chi connectivity index (χ3v) is 1.86. The fourth-order valence-electron chi connectivity index (χ4n) is 1.24. The molecule has 2 aromatic rings. The lowest BCUT2D eigenvalue weighted by Crippen LogP contribution is -1.95. The van der Waals surface area contributed by atoms with Crippen LogP contribution in [0.2, 0.25) is 0 Å². The molecule has 0 saturated heterocycles. The van der Waals surface area contributed by atoms with Crippen LogP contribution in [0.15, 0.2) is 43.0 Å². The summed E-state index contributed by atoms with van der Waals surface area (Å²) in [6.07, 6.45) is 7.41. The summed E-state index contributed by atoms with van der Waals surface area (Å²) in [5.74, 6) is 0.825. The number of rotatable bonds is 2. The van der Waals surface area contributed by atoms with E-state index in [4.69, 9.17) is 4.74 Å². The van der Waals surface area contributed by atoms with E-state index in [0.29, 0.717) is 0 Å². The second kappa shape index (κ2) is 3.31. The van der Waals surface area contributed by atoms with Crippen molar-refractivity contribution in [1.29, 1.82) is 0 Å². The Morgan fingerprint density at radius 3 is 2.77 bits per heavy atom. The first-order valence-electron chi connectivity index (χ1n) is 4.03. The van der Waals surface area contributed by atoms with Gasteiger partial charge in [-0.25, -0.2) is 0 Å². The molecule has 0 atom stereocenters. The molecule has 0 unspecified atom stereocenters. The maximum Gasteiger partial charge on any atom is 0.145 e. The van der Waals surface area contributed by atoms with E-state index in [-0.39, 0.29) is 0 Å². The minimum atomic E-state index is 0.825. The third-order valence-electron chi connectivity index (χ3n) is 1.86. The van der Waals surface area contributed by atoms with E-state index in [1.165, 1.54) is 0 Å². The molecule has 0 aliphatic carbocycles. The molecular formula is C10H10N2O. The topological polar surface area (TPSA) is 27.1 Å². The average molecular weight is 174 g/mol. The minimum Gasteiger partial charge on any atom is -0.494 e. The van der Waals surface area contributed by atoms with Crippen molar-refractivity contribution in [3.63, 3.8) is 0 Å². The molecule has 66 valence electrons. The van der Waals surface area contributed by atoms with Crippen molar-refractivity contribution < 1.29 is 4.74 Å². The van der Waals surface area contributed by atoms with Crippen LogP contribution >= 0.6 is 0 Å². The number of methoxy groups -OCH3 is 1. The Labute approximate surface area is 76.6 Å². The van der Waals surface area contributed by atoms with Crippen LogP contribution in [0.4, 0.5) is 0 Å². The van der Waals surface area contributed by atoms with Crippen molar-refractivity contribution in [2.75, 3.05) is 7.11 Å². The first-order chi connectivity index (χ1) is 6.42. The Balaban J connectivity index is 2.51. The molecule has 3 nitrogen and oxygen atoms in total. The Kier molecular flexibility index (Phi) is 2.00. The van der Waals surface area contributed by atoms with Gasteiger partial charge in [-0.15, -0.1) is 0 Å². The van der Waals surface area contributed by atoms with Crippen molar-refractivity contribution in [3.8, 4) is 11.4 Å². The van der Waals surface area contributed by atoms with Gasteiger partial charge in [0.15, 0.2) is 0 Å². The van der Waals surface area contributed by atoms with E-state index < -0.39 is 0 Å². The van der Waals surface area contributed by atoms with E-state index in [1.54, 1.807) is 19.5 Å². The molecule has 0 aliphatic rings. The molecular weight excluding hydrogens is 164 g/mol. The van der Waals surface area contributed by atoms with Crippen LogP contribution in [0.1, 0.15) is 0 Å². The van der Waals surface area contributed by atoms with E-state index >= 15 is 0 Å². The van der Waals surface area contributed by atoms with E-state index in [0.717, 1.165) is 11.4 Å². The number of aromatic nitrogens is 2. The molecule has 0 radical (unpaired) electrons. The standard InChI is InChI=1S/C10H10N2O/c1-13-10-4-5-11-8-9(10)12-6-2-3-7-12/h2-8H,1H3. The van der Waals surface area contributed by atoms with Crippen molar-refractivity contribution in [1.82, 2.24) is 9.55 Å². The van der Waals surface area contributed by atoms with Gasteiger partial charge in [-0.05, 0) is 12.1 Å². The zero-order valence-electron chi connectivity index (χ0n) is 7.34. The minimum absolute atomic E-state index is 0.825. The Hall–Kier alpha value is -1.77. The van der Waals surface area contributed by atoms with Crippen LogP contribution in [0.5, 0.6) is 5.75 Å². The average Bonchev–Trinajstić information content (AvgIpc) is 2.70. The van der Waals surface area contributed by atoms with Crippen molar-refractivity contribution >= 4 is 0 Å². The maximum atomic E-state index is 5.21. The molecule has 0 spiro atoms. The lowest BCUT2D eigenvalue weighted by Gasteiger charge is -2.07. The van der Waals surface area contributed by atoms with Gasteiger partial charge >= 0.3 is 0 Å². The molecule has 2 heterocycles. The fraction of sp³-hybridized carbons (Fsp3) is 0.100. The van der Waals surface area contributed by atoms with Gasteiger partial charge in [0.1, 0.15) is 11.4 Å². The van der Waals surface area contributed by atoms with E-state index in [1.807, 2.05) is 35.2 Å². The molecule has 0 amide bonds. The van der Waals surface area contributed by atoms with Crippen LogP contribution in [0, 0.1) is 0 Å². The van der Waals surface area contributed by atoms with Gasteiger partial charge in [0, 0.05) is 24.7 Å². The summed E-state index contributed by atoms with van der Waals surface area (Å²) in [4.78, 5) is 4.05. The number of pyridine rings is 1. The van der Waals surface area contributed by atoms with Gasteiger partial charge < -0.3 is 9.30 Å². The van der Waals surface area contributed by atoms with Gasteiger partial charge in [-0.2, -0.15) is 0 Å². The molecule has 2 aromatic heterocycles. The summed E-state index contributed by atoms with van der Waals surface area (Å²) in [7, 11) is 1.66. The van der Waals surface area contributed by atoms with Gasteiger partial charge in [0.05, 0.1) is 13.3 Å². The number of ether oxygens (including phenoxy) is 1. The van der Waals surface area contributed by atoms with Crippen LogP contribution in [0.3, 0.4) is 0 Å². The van der Waals surface area contributed by atoms with Crippen LogP contribution in [0.25, 0.3) is 5.69 Å². The zero-order chi connectivity index (χ0) is 9.10. The summed E-state index contributed by atoms with van der Waals surface area (Å²) in [5.41, 5.74) is 0.954. The van der Waals surface area contributed by atoms with Crippen LogP contribution < -0.4 is 4.74 Å². The number of hydrogen-bond acceptors (Lipinski definition) is 2. The zero-order valence-corrected chi connectivity index (χ0v) is 7.34. The van der Waals surface area contributed by atoms with Gasteiger partial charge in [0.25, 0.3) is 0 Å². The van der Waals surface area contributed by atoms with Gasteiger partial charge in [-0.3, -0.25) is 4.98 Å². The number of nitrogens with zero attached hydrogens (tertiary/aromatic N) is 2. The normalized spacial score (nSPS) is 9.92. The van der Waals surface area contributed by atoms with Crippen molar-refractivity contribution in [2.45, 2.75) is 0 Å². The predicted octanol–water partition coefficient (Wildman–Crippen LogP) is 1.88. The molecule has 2 rings (SSSR count). The highest BCUT2D eigenvalue weighted by Crippen LogP contribution is 2.20. The van der Waals surface area contributed by atoms with E-state index in [2.05, 4.69) is 4.98 Å². The highest BCUT2D eigenvalue weighted by Gasteiger charge is 2.01. The third kappa shape index (κ3) is 1.40. The Bertz CT molecular complexity index is 382. The quantitative estimate of drug-likeness (QED) is 0.695. The lowest BCUT2D eigenvalue weighted by molar-refractivity contribution is 0.412. The summed E-state index contributed by atoms with van der Waals surface area (Å²) in [6, 6.07) is 5.77. The molecule has 0 bridgehead atoms. The second-order valence-electron chi connectivity index (χ2n) is 2.64. The highest BCUT2D eigenvalue weighted by molar-refractivity contribution is 5.44. The van der Waals surface area contributed by atoms with Crippen molar-refractivity contribution in [3.05, 3.63) is 43.0 Å². The Morgan fingerprint density at radius 2 is 2.08 bits per heavy atom. The van der Waals surface area contributed by atoms with Crippen LogP contribution in [-0.2, 0) is 0 Å². The second-order valence-corrected chi connectivity index (χ2v) is 2.64. The molecule has 0 aromatic carbocycles. The largest absolute Gasteiger partial charge is 0.494 e. The van der Waals surface area contributed by atoms with Gasteiger partial charge in [-0.1, -0.05) is 0 Å². The summed E-state index contributed by atoms with van der Waals surface area (Å²) in [5, 5.41) is 0.